The average molecular weight is 330 g/mol. The Bertz CT molecular complexity index is 658. The highest BCUT2D eigenvalue weighted by Crippen LogP contribution is 2.43. The number of aliphatic hydroxyl groups is 1. The van der Waals surface area contributed by atoms with Gasteiger partial charge in [-0.2, -0.15) is 0 Å². The molecule has 3 rings (SSSR count). The molecule has 0 spiro atoms. The lowest BCUT2D eigenvalue weighted by molar-refractivity contribution is 0.0658. The van der Waals surface area contributed by atoms with Crippen LogP contribution in [-0.4, -0.2) is 5.11 Å². The summed E-state index contributed by atoms with van der Waals surface area (Å²) in [6.45, 7) is 0. The van der Waals surface area contributed by atoms with E-state index in [1.165, 1.54) is 0 Å². The molecule has 0 saturated heterocycles. The maximum Gasteiger partial charge on any atom is 0.128 e. The lowest BCUT2D eigenvalue weighted by Crippen LogP contribution is -2.19. The Morgan fingerprint density at radius 1 is 0.950 bits per heavy atom. The van der Waals surface area contributed by atoms with Gasteiger partial charge in [-0.1, -0.05) is 40.9 Å². The van der Waals surface area contributed by atoms with Gasteiger partial charge in [0.25, 0.3) is 0 Å². The summed E-state index contributed by atoms with van der Waals surface area (Å²) in [5, 5.41) is 11.9. The molecule has 2 aromatic carbocycles. The fraction of sp³-hybridized carbons (Fsp3) is 0.200. The predicted octanol–water partition coefficient (Wildman–Crippen LogP) is 5.20. The van der Waals surface area contributed by atoms with Gasteiger partial charge < -0.3 is 9.84 Å². The molecular formula is C15H11Cl3O2. The topological polar surface area (TPSA) is 29.5 Å². The quantitative estimate of drug-likeness (QED) is 0.779. The van der Waals surface area contributed by atoms with Crippen LogP contribution in [0.3, 0.4) is 0 Å². The first-order valence-electron chi connectivity index (χ1n) is 6.13. The molecule has 1 aliphatic rings. The van der Waals surface area contributed by atoms with Crippen molar-refractivity contribution in [2.75, 3.05) is 0 Å². The average Bonchev–Trinajstić information content (AvgIpc) is 2.39. The Hall–Kier alpha value is -0.930. The van der Waals surface area contributed by atoms with Crippen LogP contribution in [0.5, 0.6) is 5.75 Å². The maximum absolute atomic E-state index is 10.3. The van der Waals surface area contributed by atoms with Crippen molar-refractivity contribution in [2.45, 2.75) is 18.6 Å². The van der Waals surface area contributed by atoms with Crippen LogP contribution < -0.4 is 4.74 Å². The summed E-state index contributed by atoms with van der Waals surface area (Å²) >= 11 is 18.0. The van der Waals surface area contributed by atoms with Gasteiger partial charge in [0.2, 0.25) is 0 Å². The molecule has 1 unspecified atom stereocenters. The summed E-state index contributed by atoms with van der Waals surface area (Å²) in [6.07, 6.45) is -0.507. The van der Waals surface area contributed by atoms with Crippen LogP contribution in [0.15, 0.2) is 36.4 Å². The van der Waals surface area contributed by atoms with Gasteiger partial charge in [-0.3, -0.25) is 0 Å². The van der Waals surface area contributed by atoms with E-state index in [2.05, 4.69) is 0 Å². The highest BCUT2D eigenvalue weighted by Gasteiger charge is 2.29. The van der Waals surface area contributed by atoms with E-state index in [1.54, 1.807) is 30.3 Å². The molecule has 0 aromatic heterocycles. The summed E-state index contributed by atoms with van der Waals surface area (Å²) in [5.41, 5.74) is 1.52. The van der Waals surface area contributed by atoms with Gasteiger partial charge in [0, 0.05) is 32.6 Å². The SMILES string of the molecule is O[C@H]1CC(c2ccc(Cl)cc2Cl)Oc2ccc(Cl)cc21. The number of hydrogen-bond acceptors (Lipinski definition) is 2. The third-order valence-electron chi connectivity index (χ3n) is 3.35. The molecular weight excluding hydrogens is 319 g/mol. The fourth-order valence-electron chi connectivity index (χ4n) is 2.37. The number of ether oxygens (including phenoxy) is 1. The third kappa shape index (κ3) is 2.61. The molecule has 2 aromatic rings. The van der Waals surface area contributed by atoms with E-state index >= 15 is 0 Å². The van der Waals surface area contributed by atoms with E-state index in [4.69, 9.17) is 39.5 Å². The van der Waals surface area contributed by atoms with Gasteiger partial charge in [0.05, 0.1) is 6.10 Å². The van der Waals surface area contributed by atoms with Crippen LogP contribution in [-0.2, 0) is 0 Å². The van der Waals surface area contributed by atoms with Crippen molar-refractivity contribution in [3.05, 3.63) is 62.6 Å². The third-order valence-corrected chi connectivity index (χ3v) is 4.14. The first-order valence-corrected chi connectivity index (χ1v) is 7.27. The number of halogens is 3. The number of aliphatic hydroxyl groups excluding tert-OH is 1. The minimum atomic E-state index is -0.630. The minimum absolute atomic E-state index is 0.302. The number of rotatable bonds is 1. The number of fused-ring (bicyclic) bond motifs is 1. The molecule has 1 aliphatic heterocycles. The molecule has 0 radical (unpaired) electrons. The second-order valence-electron chi connectivity index (χ2n) is 4.71. The minimum Gasteiger partial charge on any atom is -0.485 e. The summed E-state index contributed by atoms with van der Waals surface area (Å²) in [6, 6.07) is 10.5. The Kier molecular flexibility index (Phi) is 3.83. The molecule has 1 N–H and O–H groups in total. The van der Waals surface area contributed by atoms with Crippen molar-refractivity contribution in [3.8, 4) is 5.75 Å². The molecule has 104 valence electrons. The lowest BCUT2D eigenvalue weighted by atomic mass is 9.95. The van der Waals surface area contributed by atoms with Crippen molar-refractivity contribution >= 4 is 34.8 Å². The zero-order chi connectivity index (χ0) is 14.3. The highest BCUT2D eigenvalue weighted by atomic mass is 35.5. The van der Waals surface area contributed by atoms with E-state index in [1.807, 2.05) is 6.07 Å². The van der Waals surface area contributed by atoms with Crippen LogP contribution in [0, 0.1) is 0 Å². The highest BCUT2D eigenvalue weighted by molar-refractivity contribution is 6.35. The summed E-state index contributed by atoms with van der Waals surface area (Å²) in [5.74, 6) is 0.629. The van der Waals surface area contributed by atoms with E-state index in [-0.39, 0.29) is 6.10 Å². The van der Waals surface area contributed by atoms with Gasteiger partial charge in [-0.15, -0.1) is 0 Å². The molecule has 2 nitrogen and oxygen atoms in total. The van der Waals surface area contributed by atoms with Gasteiger partial charge in [0.1, 0.15) is 11.9 Å². The van der Waals surface area contributed by atoms with Gasteiger partial charge in [-0.25, -0.2) is 0 Å². The Morgan fingerprint density at radius 2 is 1.65 bits per heavy atom. The molecule has 0 fully saturated rings. The van der Waals surface area contributed by atoms with Crippen LogP contribution in [0.1, 0.15) is 29.8 Å². The Labute approximate surface area is 131 Å². The predicted molar refractivity (Wildman–Crippen MR) is 80.9 cm³/mol. The largest absolute Gasteiger partial charge is 0.485 e. The zero-order valence-corrected chi connectivity index (χ0v) is 12.6. The summed E-state index contributed by atoms with van der Waals surface area (Å²) in [4.78, 5) is 0. The van der Waals surface area contributed by atoms with E-state index < -0.39 is 6.10 Å². The molecule has 5 heteroatoms. The van der Waals surface area contributed by atoms with E-state index in [0.29, 0.717) is 32.8 Å². The van der Waals surface area contributed by atoms with Gasteiger partial charge in [-0.05, 0) is 30.3 Å². The molecule has 20 heavy (non-hydrogen) atoms. The van der Waals surface area contributed by atoms with Crippen molar-refractivity contribution in [1.29, 1.82) is 0 Å². The summed E-state index contributed by atoms with van der Waals surface area (Å²) < 4.78 is 5.92. The summed E-state index contributed by atoms with van der Waals surface area (Å²) in [7, 11) is 0. The fourth-order valence-corrected chi connectivity index (χ4v) is 3.08. The van der Waals surface area contributed by atoms with Crippen molar-refractivity contribution in [2.24, 2.45) is 0 Å². The van der Waals surface area contributed by atoms with Crippen molar-refractivity contribution < 1.29 is 9.84 Å². The smallest absolute Gasteiger partial charge is 0.128 e. The first kappa shape index (κ1) is 14.0. The van der Waals surface area contributed by atoms with Crippen molar-refractivity contribution in [3.63, 3.8) is 0 Å². The van der Waals surface area contributed by atoms with E-state index in [0.717, 1.165) is 5.56 Å². The number of hydrogen-bond donors (Lipinski definition) is 1. The normalized spacial score (nSPS) is 21.2. The first-order chi connectivity index (χ1) is 9.54. The molecule has 0 aliphatic carbocycles. The second-order valence-corrected chi connectivity index (χ2v) is 5.99. The van der Waals surface area contributed by atoms with Crippen molar-refractivity contribution in [1.82, 2.24) is 0 Å². The van der Waals surface area contributed by atoms with Crippen LogP contribution >= 0.6 is 34.8 Å². The standard InChI is InChI=1S/C15H11Cl3O2/c16-8-2-4-14-11(5-8)13(19)7-15(20-14)10-3-1-9(17)6-12(10)18/h1-6,13,15,19H,7H2/t13-,15?/m0/s1. The Morgan fingerprint density at radius 3 is 2.40 bits per heavy atom. The molecule has 2 atom stereocenters. The molecule has 0 saturated carbocycles. The number of benzene rings is 2. The van der Waals surface area contributed by atoms with Crippen LogP contribution in [0.2, 0.25) is 15.1 Å². The monoisotopic (exact) mass is 328 g/mol. The maximum atomic E-state index is 10.3. The van der Waals surface area contributed by atoms with Crippen LogP contribution in [0.25, 0.3) is 0 Å². The van der Waals surface area contributed by atoms with Crippen LogP contribution in [0.4, 0.5) is 0 Å². The molecule has 1 heterocycles. The van der Waals surface area contributed by atoms with Gasteiger partial charge >= 0.3 is 0 Å². The van der Waals surface area contributed by atoms with E-state index in [9.17, 15) is 5.11 Å². The van der Waals surface area contributed by atoms with Gasteiger partial charge in [0.15, 0.2) is 0 Å². The molecule has 0 amide bonds. The second kappa shape index (κ2) is 5.45. The zero-order valence-electron chi connectivity index (χ0n) is 10.3. The Balaban J connectivity index is 1.97. The lowest BCUT2D eigenvalue weighted by Gasteiger charge is -2.30. The molecule has 0 bridgehead atoms.